The molecule has 1 atom stereocenters. The number of pyridine rings is 1. The number of hydrogen-bond acceptors (Lipinski definition) is 8. The maximum Gasteiger partial charge on any atom is 0.264 e. The molecule has 3 rings (SSSR count). The number of aliphatic hydroxyl groups is 1. The van der Waals surface area contributed by atoms with Gasteiger partial charge in [0.05, 0.1) is 34.7 Å². The van der Waals surface area contributed by atoms with E-state index in [1.807, 2.05) is 6.92 Å². The van der Waals surface area contributed by atoms with Gasteiger partial charge < -0.3 is 20.3 Å². The van der Waals surface area contributed by atoms with Crippen LogP contribution in [0, 0.1) is 0 Å². The molecule has 0 bridgehead atoms. The molecule has 10 heteroatoms. The molecule has 0 spiro atoms. The number of aryl methyl sites for hydroxylation is 1. The summed E-state index contributed by atoms with van der Waals surface area (Å²) >= 11 is 0. The van der Waals surface area contributed by atoms with Crippen LogP contribution in [0.5, 0.6) is 0 Å². The van der Waals surface area contributed by atoms with Crippen LogP contribution < -0.4 is 16.2 Å². The predicted molar refractivity (Wildman–Crippen MR) is 118 cm³/mol. The van der Waals surface area contributed by atoms with E-state index < -0.39 is 9.84 Å². The summed E-state index contributed by atoms with van der Waals surface area (Å²) in [6, 6.07) is 6.28. The number of benzene rings is 1. The lowest BCUT2D eigenvalue weighted by Gasteiger charge is -2.17. The first-order chi connectivity index (χ1) is 14.2. The first-order valence-electron chi connectivity index (χ1n) is 9.47. The van der Waals surface area contributed by atoms with Crippen molar-refractivity contribution < 1.29 is 13.5 Å². The Morgan fingerprint density at radius 2 is 2.00 bits per heavy atom. The second-order valence-corrected chi connectivity index (χ2v) is 9.14. The van der Waals surface area contributed by atoms with Gasteiger partial charge in [0.2, 0.25) is 0 Å². The zero-order valence-corrected chi connectivity index (χ0v) is 18.1. The van der Waals surface area contributed by atoms with Crippen LogP contribution in [-0.2, 0) is 16.9 Å². The van der Waals surface area contributed by atoms with E-state index in [1.54, 1.807) is 32.2 Å². The molecular formula is C20H25N5O4S. The van der Waals surface area contributed by atoms with E-state index in [4.69, 9.17) is 0 Å². The van der Waals surface area contributed by atoms with Crippen molar-refractivity contribution in [3.8, 4) is 11.3 Å². The molecule has 0 fully saturated rings. The van der Waals surface area contributed by atoms with Gasteiger partial charge in [0.1, 0.15) is 11.2 Å². The zero-order valence-electron chi connectivity index (χ0n) is 17.3. The summed E-state index contributed by atoms with van der Waals surface area (Å²) in [7, 11) is -1.93. The Bertz CT molecular complexity index is 1250. The standard InChI is InChI=1S/C20H25N5O4S/c1-5-21-19-18-16(22-11-25(3)20(18)27)9-15(24-19)13-6-7-14(23-12(2)10-26)17(8-13)30(4,28)29/h6-9,11-12,23,26H,5,10H2,1-4H3,(H,21,24)/t12-/m0/s1. The first kappa shape index (κ1) is 21.7. The Balaban J connectivity index is 2.22. The van der Waals surface area contributed by atoms with Gasteiger partial charge in [0.15, 0.2) is 9.84 Å². The lowest BCUT2D eigenvalue weighted by atomic mass is 10.1. The molecule has 0 unspecified atom stereocenters. The van der Waals surface area contributed by atoms with Crippen molar-refractivity contribution >= 4 is 32.2 Å². The second-order valence-electron chi connectivity index (χ2n) is 7.15. The molecule has 2 aromatic heterocycles. The number of anilines is 2. The van der Waals surface area contributed by atoms with Gasteiger partial charge in [-0.2, -0.15) is 0 Å². The molecule has 0 amide bonds. The fourth-order valence-electron chi connectivity index (χ4n) is 3.08. The molecule has 2 heterocycles. The minimum atomic E-state index is -3.55. The Labute approximate surface area is 174 Å². The Morgan fingerprint density at radius 3 is 2.63 bits per heavy atom. The number of nitrogens with zero attached hydrogens (tertiary/aromatic N) is 3. The lowest BCUT2D eigenvalue weighted by Crippen LogP contribution is -2.21. The Hall–Kier alpha value is -2.98. The number of hydrogen-bond donors (Lipinski definition) is 3. The van der Waals surface area contributed by atoms with Gasteiger partial charge in [-0.05, 0) is 32.0 Å². The molecule has 1 aromatic carbocycles. The van der Waals surface area contributed by atoms with E-state index in [1.165, 1.54) is 17.0 Å². The summed E-state index contributed by atoms with van der Waals surface area (Å²) in [6.07, 6.45) is 2.57. The zero-order chi connectivity index (χ0) is 22.1. The lowest BCUT2D eigenvalue weighted by molar-refractivity contribution is 0.281. The maximum atomic E-state index is 12.6. The highest BCUT2D eigenvalue weighted by atomic mass is 32.2. The molecule has 0 saturated heterocycles. The molecule has 0 aliphatic carbocycles. The summed E-state index contributed by atoms with van der Waals surface area (Å²) in [5.41, 5.74) is 1.72. The second kappa shape index (κ2) is 8.41. The molecule has 3 N–H and O–H groups in total. The predicted octanol–water partition coefficient (Wildman–Crippen LogP) is 1.62. The summed E-state index contributed by atoms with van der Waals surface area (Å²) in [4.78, 5) is 21.6. The van der Waals surface area contributed by atoms with E-state index in [9.17, 15) is 18.3 Å². The fourth-order valence-corrected chi connectivity index (χ4v) is 3.95. The molecule has 160 valence electrons. The quantitative estimate of drug-likeness (QED) is 0.515. The highest BCUT2D eigenvalue weighted by molar-refractivity contribution is 7.90. The van der Waals surface area contributed by atoms with Gasteiger partial charge >= 0.3 is 0 Å². The Kier molecular flexibility index (Phi) is 6.09. The molecule has 0 aliphatic heterocycles. The average Bonchev–Trinajstić information content (AvgIpc) is 2.70. The average molecular weight is 432 g/mol. The number of fused-ring (bicyclic) bond motifs is 1. The van der Waals surface area contributed by atoms with Crippen molar-refractivity contribution in [1.29, 1.82) is 0 Å². The van der Waals surface area contributed by atoms with Crippen molar-refractivity contribution in [2.45, 2.75) is 24.8 Å². The summed E-state index contributed by atoms with van der Waals surface area (Å²) < 4.78 is 26.1. The smallest absolute Gasteiger partial charge is 0.264 e. The van der Waals surface area contributed by atoms with E-state index >= 15 is 0 Å². The van der Waals surface area contributed by atoms with Crippen LogP contribution >= 0.6 is 0 Å². The van der Waals surface area contributed by atoms with Crippen LogP contribution in [0.3, 0.4) is 0 Å². The molecular weight excluding hydrogens is 406 g/mol. The van der Waals surface area contributed by atoms with Crippen LogP contribution in [0.4, 0.5) is 11.5 Å². The van der Waals surface area contributed by atoms with Gasteiger partial charge in [-0.15, -0.1) is 0 Å². The number of aromatic nitrogens is 3. The van der Waals surface area contributed by atoms with Gasteiger partial charge in [0.25, 0.3) is 5.56 Å². The van der Waals surface area contributed by atoms with Crippen molar-refractivity contribution in [2.24, 2.45) is 7.05 Å². The minimum absolute atomic E-state index is 0.101. The van der Waals surface area contributed by atoms with Gasteiger partial charge in [-0.25, -0.2) is 18.4 Å². The van der Waals surface area contributed by atoms with E-state index in [0.717, 1.165) is 6.26 Å². The van der Waals surface area contributed by atoms with E-state index in [0.29, 0.717) is 40.2 Å². The van der Waals surface area contributed by atoms with Gasteiger partial charge in [0, 0.05) is 31.5 Å². The third-order valence-electron chi connectivity index (χ3n) is 4.60. The molecule has 30 heavy (non-hydrogen) atoms. The van der Waals surface area contributed by atoms with Crippen molar-refractivity contribution in [3.05, 3.63) is 40.9 Å². The summed E-state index contributed by atoms with van der Waals surface area (Å²) in [5.74, 6) is 0.399. The number of nitrogens with one attached hydrogen (secondary N) is 2. The van der Waals surface area contributed by atoms with E-state index in [2.05, 4.69) is 20.6 Å². The third kappa shape index (κ3) is 4.29. The van der Waals surface area contributed by atoms with Crippen LogP contribution in [0.1, 0.15) is 13.8 Å². The highest BCUT2D eigenvalue weighted by Gasteiger charge is 2.18. The molecule has 0 saturated carbocycles. The van der Waals surface area contributed by atoms with Crippen LogP contribution in [0.25, 0.3) is 22.2 Å². The van der Waals surface area contributed by atoms with Crippen molar-refractivity contribution in [1.82, 2.24) is 14.5 Å². The Morgan fingerprint density at radius 1 is 1.27 bits per heavy atom. The topological polar surface area (TPSA) is 126 Å². The summed E-state index contributed by atoms with van der Waals surface area (Å²) in [5, 5.41) is 15.8. The maximum absolute atomic E-state index is 12.6. The minimum Gasteiger partial charge on any atom is -0.394 e. The largest absolute Gasteiger partial charge is 0.394 e. The van der Waals surface area contributed by atoms with Crippen LogP contribution in [0.15, 0.2) is 40.3 Å². The number of aliphatic hydroxyl groups excluding tert-OH is 1. The number of sulfone groups is 1. The highest BCUT2D eigenvalue weighted by Crippen LogP contribution is 2.30. The van der Waals surface area contributed by atoms with Crippen molar-refractivity contribution in [3.63, 3.8) is 0 Å². The SMILES string of the molecule is CCNc1nc(-c2ccc(N[C@@H](C)CO)c(S(C)(=O)=O)c2)cc2ncn(C)c(=O)c12. The molecule has 3 aromatic rings. The third-order valence-corrected chi connectivity index (χ3v) is 5.74. The fraction of sp³-hybridized carbons (Fsp3) is 0.350. The van der Waals surface area contributed by atoms with Gasteiger partial charge in [-0.3, -0.25) is 4.79 Å². The van der Waals surface area contributed by atoms with Crippen LogP contribution in [0.2, 0.25) is 0 Å². The molecule has 9 nitrogen and oxygen atoms in total. The molecule has 0 aliphatic rings. The van der Waals surface area contributed by atoms with E-state index in [-0.39, 0.29) is 23.1 Å². The normalized spacial score (nSPS) is 12.7. The van der Waals surface area contributed by atoms with Crippen molar-refractivity contribution in [2.75, 3.05) is 30.0 Å². The molecule has 0 radical (unpaired) electrons. The van der Waals surface area contributed by atoms with Crippen LogP contribution in [-0.4, -0.2) is 53.5 Å². The number of rotatable bonds is 7. The monoisotopic (exact) mass is 431 g/mol. The first-order valence-corrected chi connectivity index (χ1v) is 11.4. The van der Waals surface area contributed by atoms with Gasteiger partial charge in [-0.1, -0.05) is 6.07 Å². The summed E-state index contributed by atoms with van der Waals surface area (Å²) in [6.45, 7) is 4.06.